The molecule has 2 nitrogen and oxygen atoms in total. The van der Waals surface area contributed by atoms with Crippen molar-refractivity contribution < 1.29 is 4.74 Å². The average molecular weight is 330 g/mol. The molecule has 1 fully saturated rings. The zero-order valence-corrected chi connectivity index (χ0v) is 13.1. The van der Waals surface area contributed by atoms with Crippen LogP contribution >= 0.6 is 27.7 Å². The number of ether oxygens (including phenoxy) is 1. The third-order valence-electron chi connectivity index (χ3n) is 3.05. The van der Waals surface area contributed by atoms with Crippen LogP contribution in [0.4, 0.5) is 0 Å². The molecular weight excluding hydrogens is 310 g/mol. The van der Waals surface area contributed by atoms with Crippen LogP contribution in [0.25, 0.3) is 0 Å². The van der Waals surface area contributed by atoms with Crippen LogP contribution < -0.4 is 5.32 Å². The number of thioether (sulfide) groups is 1. The van der Waals surface area contributed by atoms with E-state index in [1.807, 2.05) is 11.8 Å². The summed E-state index contributed by atoms with van der Waals surface area (Å²) in [6.07, 6.45) is 2.34. The van der Waals surface area contributed by atoms with Crippen molar-refractivity contribution in [3.8, 4) is 0 Å². The molecular formula is C14H20BrNOS. The van der Waals surface area contributed by atoms with E-state index in [-0.39, 0.29) is 0 Å². The highest BCUT2D eigenvalue weighted by atomic mass is 79.9. The minimum absolute atomic E-state index is 0.709. The lowest BCUT2D eigenvalue weighted by Gasteiger charge is -2.22. The van der Waals surface area contributed by atoms with Gasteiger partial charge < -0.3 is 10.1 Å². The third-order valence-corrected chi connectivity index (χ3v) is 5.00. The summed E-state index contributed by atoms with van der Waals surface area (Å²) in [6, 6.07) is 6.60. The first-order valence-electron chi connectivity index (χ1n) is 6.53. The van der Waals surface area contributed by atoms with Gasteiger partial charge in [0.05, 0.1) is 0 Å². The fourth-order valence-corrected chi connectivity index (χ4v) is 3.66. The molecule has 100 valence electrons. The lowest BCUT2D eigenvalue weighted by molar-refractivity contribution is 0.1000. The molecule has 0 bridgehead atoms. The Kier molecular flexibility index (Phi) is 6.02. The molecule has 1 heterocycles. The lowest BCUT2D eigenvalue weighted by Crippen LogP contribution is -2.18. The van der Waals surface area contributed by atoms with Gasteiger partial charge in [-0.2, -0.15) is 0 Å². The molecule has 1 aromatic carbocycles. The standard InChI is InChI=1S/C14H20BrNOS/c1-2-16-10-11-9-12(15)3-4-14(11)18-13-5-7-17-8-6-13/h3-4,9,13,16H,2,5-8,10H2,1H3. The van der Waals surface area contributed by atoms with E-state index in [4.69, 9.17) is 4.74 Å². The summed E-state index contributed by atoms with van der Waals surface area (Å²) in [7, 11) is 0. The van der Waals surface area contributed by atoms with E-state index < -0.39 is 0 Å². The van der Waals surface area contributed by atoms with Crippen LogP contribution in [0, 0.1) is 0 Å². The second-order valence-electron chi connectivity index (χ2n) is 4.46. The number of benzene rings is 1. The molecule has 18 heavy (non-hydrogen) atoms. The van der Waals surface area contributed by atoms with E-state index in [9.17, 15) is 0 Å². The third kappa shape index (κ3) is 4.26. The highest BCUT2D eigenvalue weighted by Gasteiger charge is 2.16. The van der Waals surface area contributed by atoms with Gasteiger partial charge in [0.1, 0.15) is 0 Å². The lowest BCUT2D eigenvalue weighted by atomic mass is 10.2. The fourth-order valence-electron chi connectivity index (χ4n) is 2.03. The molecule has 0 spiro atoms. The van der Waals surface area contributed by atoms with Crippen LogP contribution in [-0.2, 0) is 11.3 Å². The molecule has 0 amide bonds. The Morgan fingerprint density at radius 1 is 1.39 bits per heavy atom. The van der Waals surface area contributed by atoms with Crippen LogP contribution in [0.1, 0.15) is 25.3 Å². The van der Waals surface area contributed by atoms with Gasteiger partial charge in [-0.25, -0.2) is 0 Å². The van der Waals surface area contributed by atoms with Gasteiger partial charge in [0, 0.05) is 34.4 Å². The van der Waals surface area contributed by atoms with E-state index in [2.05, 4.69) is 46.4 Å². The van der Waals surface area contributed by atoms with Crippen LogP contribution in [0.3, 0.4) is 0 Å². The predicted octanol–water partition coefficient (Wildman–Crippen LogP) is 3.83. The first-order valence-corrected chi connectivity index (χ1v) is 8.20. The topological polar surface area (TPSA) is 21.3 Å². The Balaban J connectivity index is 2.04. The monoisotopic (exact) mass is 329 g/mol. The van der Waals surface area contributed by atoms with Crippen LogP contribution in [0.2, 0.25) is 0 Å². The second-order valence-corrected chi connectivity index (χ2v) is 6.72. The molecule has 1 aromatic rings. The van der Waals surface area contributed by atoms with Gasteiger partial charge in [-0.15, -0.1) is 11.8 Å². The van der Waals surface area contributed by atoms with Gasteiger partial charge in [-0.3, -0.25) is 0 Å². The summed E-state index contributed by atoms with van der Waals surface area (Å²) < 4.78 is 6.58. The van der Waals surface area contributed by atoms with Gasteiger partial charge in [0.15, 0.2) is 0 Å². The Bertz CT molecular complexity index is 380. The van der Waals surface area contributed by atoms with Crippen molar-refractivity contribution in [1.29, 1.82) is 0 Å². The summed E-state index contributed by atoms with van der Waals surface area (Å²) in [5.74, 6) is 0. The zero-order valence-electron chi connectivity index (χ0n) is 10.7. The molecule has 0 radical (unpaired) electrons. The Morgan fingerprint density at radius 2 is 2.17 bits per heavy atom. The SMILES string of the molecule is CCNCc1cc(Br)ccc1SC1CCOCC1. The van der Waals surface area contributed by atoms with Gasteiger partial charge in [0.2, 0.25) is 0 Å². The van der Waals surface area contributed by atoms with Crippen molar-refractivity contribution >= 4 is 27.7 Å². The second kappa shape index (κ2) is 7.53. The van der Waals surface area contributed by atoms with Crippen molar-refractivity contribution in [3.05, 3.63) is 28.2 Å². The maximum Gasteiger partial charge on any atom is 0.0476 e. The molecule has 2 rings (SSSR count). The Morgan fingerprint density at radius 3 is 2.89 bits per heavy atom. The molecule has 0 saturated carbocycles. The Labute approximate surface area is 122 Å². The maximum atomic E-state index is 5.42. The average Bonchev–Trinajstić information content (AvgIpc) is 2.40. The van der Waals surface area contributed by atoms with Gasteiger partial charge in [-0.1, -0.05) is 22.9 Å². The molecule has 0 atom stereocenters. The van der Waals surface area contributed by atoms with Crippen LogP contribution in [-0.4, -0.2) is 25.0 Å². The molecule has 1 saturated heterocycles. The number of rotatable bonds is 5. The summed E-state index contributed by atoms with van der Waals surface area (Å²) in [6.45, 7) is 5.92. The van der Waals surface area contributed by atoms with Gasteiger partial charge in [0.25, 0.3) is 0 Å². The van der Waals surface area contributed by atoms with Crippen molar-refractivity contribution in [2.75, 3.05) is 19.8 Å². The minimum atomic E-state index is 0.709. The number of halogens is 1. The zero-order chi connectivity index (χ0) is 12.8. The molecule has 4 heteroatoms. The molecule has 0 unspecified atom stereocenters. The number of nitrogens with one attached hydrogen (secondary N) is 1. The highest BCUT2D eigenvalue weighted by molar-refractivity contribution is 9.10. The fraction of sp³-hybridized carbons (Fsp3) is 0.571. The quantitative estimate of drug-likeness (QED) is 0.887. The summed E-state index contributed by atoms with van der Waals surface area (Å²) in [4.78, 5) is 1.41. The molecule has 1 aliphatic heterocycles. The minimum Gasteiger partial charge on any atom is -0.381 e. The van der Waals surface area contributed by atoms with Crippen molar-refractivity contribution in [2.24, 2.45) is 0 Å². The molecule has 0 aromatic heterocycles. The van der Waals surface area contributed by atoms with Gasteiger partial charge in [-0.05, 0) is 43.1 Å². The Hall–Kier alpha value is -0.0300. The van der Waals surface area contributed by atoms with E-state index in [1.54, 1.807) is 0 Å². The van der Waals surface area contributed by atoms with Crippen LogP contribution in [0.15, 0.2) is 27.6 Å². The van der Waals surface area contributed by atoms with Crippen molar-refractivity contribution in [2.45, 2.75) is 36.5 Å². The summed E-state index contributed by atoms with van der Waals surface area (Å²) >= 11 is 5.57. The summed E-state index contributed by atoms with van der Waals surface area (Å²) in [5, 5.41) is 4.12. The maximum absolute atomic E-state index is 5.42. The van der Waals surface area contributed by atoms with Gasteiger partial charge >= 0.3 is 0 Å². The van der Waals surface area contributed by atoms with E-state index in [1.165, 1.54) is 23.3 Å². The summed E-state index contributed by atoms with van der Waals surface area (Å²) in [5.41, 5.74) is 1.39. The van der Waals surface area contributed by atoms with Crippen molar-refractivity contribution in [3.63, 3.8) is 0 Å². The van der Waals surface area contributed by atoms with E-state index >= 15 is 0 Å². The van der Waals surface area contributed by atoms with E-state index in [0.717, 1.165) is 30.8 Å². The van der Waals surface area contributed by atoms with Crippen molar-refractivity contribution in [1.82, 2.24) is 5.32 Å². The molecule has 1 N–H and O–H groups in total. The first-order chi connectivity index (χ1) is 8.79. The smallest absolute Gasteiger partial charge is 0.0476 e. The molecule has 1 aliphatic rings. The number of hydrogen-bond donors (Lipinski definition) is 1. The normalized spacial score (nSPS) is 17.0. The van der Waals surface area contributed by atoms with Crippen LogP contribution in [0.5, 0.6) is 0 Å². The number of hydrogen-bond acceptors (Lipinski definition) is 3. The molecule has 0 aliphatic carbocycles. The largest absolute Gasteiger partial charge is 0.381 e. The highest BCUT2D eigenvalue weighted by Crippen LogP contribution is 2.33. The predicted molar refractivity (Wildman–Crippen MR) is 81.2 cm³/mol. The first kappa shape index (κ1) is 14.4. The van der Waals surface area contributed by atoms with E-state index in [0.29, 0.717) is 5.25 Å².